The normalized spacial score (nSPS) is 14.5. The second kappa shape index (κ2) is 7.59. The van der Waals surface area contributed by atoms with Crippen molar-refractivity contribution in [3.63, 3.8) is 0 Å². The molecule has 1 aliphatic heterocycles. The molecule has 1 aliphatic rings. The summed E-state index contributed by atoms with van der Waals surface area (Å²) in [4.78, 5) is 23.7. The number of halogens is 1. The van der Waals surface area contributed by atoms with Gasteiger partial charge in [-0.3, -0.25) is 0 Å². The van der Waals surface area contributed by atoms with E-state index in [2.05, 4.69) is 54.7 Å². The van der Waals surface area contributed by atoms with Crippen LogP contribution >= 0.6 is 27.3 Å². The molecule has 0 unspecified atom stereocenters. The molecule has 3 heterocycles. The summed E-state index contributed by atoms with van der Waals surface area (Å²) in [7, 11) is 0. The van der Waals surface area contributed by atoms with Crippen molar-refractivity contribution in [1.82, 2.24) is 20.2 Å². The van der Waals surface area contributed by atoms with Crippen LogP contribution in [0.25, 0.3) is 20.7 Å². The monoisotopic (exact) mass is 431 g/mol. The van der Waals surface area contributed by atoms with Crippen molar-refractivity contribution in [2.75, 3.05) is 31.5 Å². The number of amides is 2. The molecule has 0 spiro atoms. The molecule has 0 aliphatic carbocycles. The summed E-state index contributed by atoms with van der Waals surface area (Å²) in [5.74, 6) is 0.568. The van der Waals surface area contributed by atoms with Crippen LogP contribution in [-0.4, -0.2) is 47.1 Å². The predicted molar refractivity (Wildman–Crippen MR) is 109 cm³/mol. The number of hydrogen-bond donors (Lipinski definition) is 2. The third kappa shape index (κ3) is 3.66. The number of carbonyl (C=O) groups excluding carboxylic acids is 1. The van der Waals surface area contributed by atoms with Gasteiger partial charge in [0.25, 0.3) is 0 Å². The highest BCUT2D eigenvalue weighted by atomic mass is 79.9. The van der Waals surface area contributed by atoms with Crippen LogP contribution in [0.5, 0.6) is 0 Å². The number of nitrogens with zero attached hydrogens (tertiary/aromatic N) is 3. The number of nitrogens with one attached hydrogen (secondary N) is 2. The second-order valence-electron chi connectivity index (χ2n) is 6.04. The Morgan fingerprint density at radius 3 is 3.08 bits per heavy atom. The zero-order chi connectivity index (χ0) is 17.9. The van der Waals surface area contributed by atoms with E-state index < -0.39 is 0 Å². The highest BCUT2D eigenvalue weighted by molar-refractivity contribution is 9.10. The lowest BCUT2D eigenvalue weighted by Crippen LogP contribution is -2.47. The fraction of sp³-hybridized carbons (Fsp3) is 0.278. The van der Waals surface area contributed by atoms with Gasteiger partial charge in [-0.1, -0.05) is 18.2 Å². The quantitative estimate of drug-likeness (QED) is 0.641. The summed E-state index contributed by atoms with van der Waals surface area (Å²) >= 11 is 5.27. The molecular weight excluding hydrogens is 414 g/mol. The SMILES string of the molecule is O=C1NCCCN1CCNc1ncc(Br)c(-c2cc3ccccc3s2)n1. The van der Waals surface area contributed by atoms with Crippen LogP contribution in [0.3, 0.4) is 0 Å². The zero-order valence-electron chi connectivity index (χ0n) is 14.0. The van der Waals surface area contributed by atoms with E-state index in [1.165, 1.54) is 10.1 Å². The smallest absolute Gasteiger partial charge is 0.317 e. The molecule has 134 valence electrons. The topological polar surface area (TPSA) is 70.2 Å². The van der Waals surface area contributed by atoms with Crippen molar-refractivity contribution in [3.8, 4) is 10.6 Å². The molecule has 1 fully saturated rings. The molecule has 3 aromatic rings. The van der Waals surface area contributed by atoms with Gasteiger partial charge >= 0.3 is 6.03 Å². The van der Waals surface area contributed by atoms with Gasteiger partial charge in [0.15, 0.2) is 0 Å². The molecule has 2 amide bonds. The first kappa shape index (κ1) is 17.2. The summed E-state index contributed by atoms with van der Waals surface area (Å²) in [5, 5.41) is 7.29. The van der Waals surface area contributed by atoms with Crippen LogP contribution in [0, 0.1) is 0 Å². The molecule has 0 radical (unpaired) electrons. The number of urea groups is 1. The summed E-state index contributed by atoms with van der Waals surface area (Å²) < 4.78 is 2.10. The minimum absolute atomic E-state index is 0.000684. The fourth-order valence-electron chi connectivity index (χ4n) is 2.92. The molecule has 2 aromatic heterocycles. The number of thiophene rings is 1. The van der Waals surface area contributed by atoms with Crippen molar-refractivity contribution < 1.29 is 4.79 Å². The van der Waals surface area contributed by atoms with Crippen molar-refractivity contribution in [1.29, 1.82) is 0 Å². The Kier molecular flexibility index (Phi) is 5.03. The maximum Gasteiger partial charge on any atom is 0.317 e. The van der Waals surface area contributed by atoms with E-state index in [0.717, 1.165) is 34.6 Å². The van der Waals surface area contributed by atoms with Crippen molar-refractivity contribution in [3.05, 3.63) is 41.0 Å². The van der Waals surface area contributed by atoms with Gasteiger partial charge in [-0.05, 0) is 39.9 Å². The number of aromatic nitrogens is 2. The molecule has 0 bridgehead atoms. The average Bonchev–Trinajstić information content (AvgIpc) is 3.08. The second-order valence-corrected chi connectivity index (χ2v) is 7.98. The molecule has 1 saturated heterocycles. The molecule has 6 nitrogen and oxygen atoms in total. The van der Waals surface area contributed by atoms with Gasteiger partial charge in [-0.2, -0.15) is 0 Å². The number of carbonyl (C=O) groups is 1. The fourth-order valence-corrected chi connectivity index (χ4v) is 4.52. The summed E-state index contributed by atoms with van der Waals surface area (Å²) in [6.07, 6.45) is 2.75. The maximum absolute atomic E-state index is 11.8. The van der Waals surface area contributed by atoms with Crippen LogP contribution in [0.1, 0.15) is 6.42 Å². The Hall–Kier alpha value is -2.19. The maximum atomic E-state index is 11.8. The van der Waals surface area contributed by atoms with E-state index in [4.69, 9.17) is 0 Å². The Balaban J connectivity index is 1.48. The third-order valence-electron chi connectivity index (χ3n) is 4.24. The van der Waals surface area contributed by atoms with Crippen LogP contribution < -0.4 is 10.6 Å². The number of fused-ring (bicyclic) bond motifs is 1. The van der Waals surface area contributed by atoms with E-state index in [9.17, 15) is 4.79 Å². The summed E-state index contributed by atoms with van der Waals surface area (Å²) in [6, 6.07) is 10.4. The van der Waals surface area contributed by atoms with Gasteiger partial charge in [-0.25, -0.2) is 14.8 Å². The van der Waals surface area contributed by atoms with Gasteiger partial charge in [0.1, 0.15) is 5.69 Å². The first-order valence-electron chi connectivity index (χ1n) is 8.49. The van der Waals surface area contributed by atoms with Crippen molar-refractivity contribution in [2.24, 2.45) is 0 Å². The van der Waals surface area contributed by atoms with Gasteiger partial charge in [0.2, 0.25) is 5.95 Å². The molecule has 4 rings (SSSR count). The van der Waals surface area contributed by atoms with E-state index in [-0.39, 0.29) is 6.03 Å². The predicted octanol–water partition coefficient (Wildman–Crippen LogP) is 3.95. The van der Waals surface area contributed by atoms with Gasteiger partial charge in [-0.15, -0.1) is 11.3 Å². The molecule has 0 atom stereocenters. The van der Waals surface area contributed by atoms with E-state index in [1.807, 2.05) is 17.0 Å². The minimum Gasteiger partial charge on any atom is -0.352 e. The number of anilines is 1. The molecular formula is C18H18BrN5OS. The van der Waals surface area contributed by atoms with Crippen LogP contribution in [0.2, 0.25) is 0 Å². The lowest BCUT2D eigenvalue weighted by atomic mass is 10.2. The van der Waals surface area contributed by atoms with E-state index >= 15 is 0 Å². The Bertz CT molecular complexity index is 911. The van der Waals surface area contributed by atoms with Crippen molar-refractivity contribution in [2.45, 2.75) is 6.42 Å². The zero-order valence-corrected chi connectivity index (χ0v) is 16.4. The largest absolute Gasteiger partial charge is 0.352 e. The number of hydrogen-bond acceptors (Lipinski definition) is 5. The number of rotatable bonds is 5. The van der Waals surface area contributed by atoms with Gasteiger partial charge in [0.05, 0.1) is 9.35 Å². The highest BCUT2D eigenvalue weighted by Gasteiger charge is 2.17. The average molecular weight is 432 g/mol. The van der Waals surface area contributed by atoms with Crippen LogP contribution in [-0.2, 0) is 0 Å². The van der Waals surface area contributed by atoms with Gasteiger partial charge < -0.3 is 15.5 Å². The molecule has 0 saturated carbocycles. The third-order valence-corrected chi connectivity index (χ3v) is 5.94. The number of benzene rings is 1. The minimum atomic E-state index is 0.000684. The summed E-state index contributed by atoms with van der Waals surface area (Å²) in [5.41, 5.74) is 0.874. The Morgan fingerprint density at radius 1 is 1.35 bits per heavy atom. The highest BCUT2D eigenvalue weighted by Crippen LogP contribution is 2.36. The molecule has 8 heteroatoms. The van der Waals surface area contributed by atoms with E-state index in [1.54, 1.807) is 17.5 Å². The van der Waals surface area contributed by atoms with Crippen LogP contribution in [0.4, 0.5) is 10.7 Å². The van der Waals surface area contributed by atoms with Gasteiger partial charge in [0, 0.05) is 37.1 Å². The molecule has 26 heavy (non-hydrogen) atoms. The Morgan fingerprint density at radius 2 is 2.23 bits per heavy atom. The van der Waals surface area contributed by atoms with Crippen molar-refractivity contribution >= 4 is 49.3 Å². The molecule has 1 aromatic carbocycles. The first-order valence-corrected chi connectivity index (χ1v) is 10.1. The Labute approximate surface area is 163 Å². The first-order chi connectivity index (χ1) is 12.7. The summed E-state index contributed by atoms with van der Waals surface area (Å²) in [6.45, 7) is 2.79. The van der Waals surface area contributed by atoms with E-state index in [0.29, 0.717) is 19.0 Å². The lowest BCUT2D eigenvalue weighted by molar-refractivity contribution is 0.188. The lowest BCUT2D eigenvalue weighted by Gasteiger charge is -2.27. The molecule has 2 N–H and O–H groups in total. The van der Waals surface area contributed by atoms with Crippen LogP contribution in [0.15, 0.2) is 41.0 Å². The standard InChI is InChI=1S/C18H18BrN5OS/c19-13-11-22-17(20-7-9-24-8-3-6-21-18(24)25)23-16(13)15-10-12-4-1-2-5-14(12)26-15/h1-2,4-5,10-11H,3,6-9H2,(H,21,25)(H,20,22,23).